The summed E-state index contributed by atoms with van der Waals surface area (Å²) < 4.78 is 1.65. The van der Waals surface area contributed by atoms with E-state index in [1.807, 2.05) is 7.05 Å². The van der Waals surface area contributed by atoms with Crippen molar-refractivity contribution in [2.75, 3.05) is 13.6 Å². The highest BCUT2D eigenvalue weighted by atomic mass is 16.2. The quantitative estimate of drug-likeness (QED) is 0.829. The second kappa shape index (κ2) is 5.82. The number of hydrogen-bond donors (Lipinski definition) is 1. The highest BCUT2D eigenvalue weighted by Gasteiger charge is 2.20. The fourth-order valence-electron chi connectivity index (χ4n) is 1.54. The first-order valence-electron chi connectivity index (χ1n) is 5.91. The van der Waals surface area contributed by atoms with Crippen LogP contribution in [0.25, 0.3) is 0 Å². The van der Waals surface area contributed by atoms with Crippen LogP contribution in [0.2, 0.25) is 0 Å². The second-order valence-corrected chi connectivity index (χ2v) is 4.87. The molecule has 0 aliphatic carbocycles. The summed E-state index contributed by atoms with van der Waals surface area (Å²) in [6, 6.07) is -0.610. The Morgan fingerprint density at radius 3 is 2.71 bits per heavy atom. The molecule has 0 aliphatic rings. The van der Waals surface area contributed by atoms with Crippen LogP contribution in [0.5, 0.6) is 0 Å². The molecule has 17 heavy (non-hydrogen) atoms. The van der Waals surface area contributed by atoms with Crippen LogP contribution in [0.15, 0.2) is 12.4 Å². The molecule has 1 amide bonds. The van der Waals surface area contributed by atoms with Crippen molar-refractivity contribution in [2.45, 2.75) is 26.3 Å². The standard InChI is InChI=1S/C12H22N4O/c1-9(2)5-6-15(3)12(17)11(13)10-7-14-16(4)8-10/h7-9,11H,5-6,13H2,1-4H3. The summed E-state index contributed by atoms with van der Waals surface area (Å²) in [6.45, 7) is 5.02. The van der Waals surface area contributed by atoms with Gasteiger partial charge in [-0.1, -0.05) is 13.8 Å². The molecule has 5 heteroatoms. The van der Waals surface area contributed by atoms with Gasteiger partial charge in [-0.2, -0.15) is 5.10 Å². The van der Waals surface area contributed by atoms with Gasteiger partial charge in [0.05, 0.1) is 6.20 Å². The molecule has 0 saturated heterocycles. The largest absolute Gasteiger partial charge is 0.344 e. The van der Waals surface area contributed by atoms with Crippen molar-refractivity contribution in [1.82, 2.24) is 14.7 Å². The third kappa shape index (κ3) is 3.85. The molecule has 0 aliphatic heterocycles. The van der Waals surface area contributed by atoms with Gasteiger partial charge < -0.3 is 10.6 Å². The highest BCUT2D eigenvalue weighted by Crippen LogP contribution is 2.12. The molecular weight excluding hydrogens is 216 g/mol. The predicted molar refractivity (Wildman–Crippen MR) is 67.2 cm³/mol. The molecule has 0 fully saturated rings. The molecule has 1 rings (SSSR count). The van der Waals surface area contributed by atoms with Crippen LogP contribution < -0.4 is 5.73 Å². The van der Waals surface area contributed by atoms with E-state index in [4.69, 9.17) is 5.73 Å². The molecule has 0 aromatic carbocycles. The maximum atomic E-state index is 12.0. The van der Waals surface area contributed by atoms with Crippen molar-refractivity contribution < 1.29 is 4.79 Å². The van der Waals surface area contributed by atoms with Crippen LogP contribution >= 0.6 is 0 Å². The molecule has 5 nitrogen and oxygen atoms in total. The lowest BCUT2D eigenvalue weighted by Gasteiger charge is -2.21. The molecule has 2 N–H and O–H groups in total. The number of aryl methyl sites for hydroxylation is 1. The van der Waals surface area contributed by atoms with Gasteiger partial charge in [-0.3, -0.25) is 9.48 Å². The molecule has 0 bridgehead atoms. The van der Waals surface area contributed by atoms with E-state index in [2.05, 4.69) is 18.9 Å². The number of likely N-dealkylation sites (N-methyl/N-ethyl adjacent to an activating group) is 1. The van der Waals surface area contributed by atoms with Gasteiger partial charge in [0, 0.05) is 32.4 Å². The summed E-state index contributed by atoms with van der Waals surface area (Å²) >= 11 is 0. The van der Waals surface area contributed by atoms with Crippen molar-refractivity contribution >= 4 is 5.91 Å². The van der Waals surface area contributed by atoms with Crippen LogP contribution in [0.3, 0.4) is 0 Å². The van der Waals surface area contributed by atoms with Crippen LogP contribution in [0.4, 0.5) is 0 Å². The maximum absolute atomic E-state index is 12.0. The van der Waals surface area contributed by atoms with Gasteiger partial charge in [0.2, 0.25) is 5.91 Å². The predicted octanol–water partition coefficient (Wildman–Crippen LogP) is 0.924. The van der Waals surface area contributed by atoms with E-state index >= 15 is 0 Å². The van der Waals surface area contributed by atoms with E-state index in [0.717, 1.165) is 18.5 Å². The van der Waals surface area contributed by atoms with Gasteiger partial charge >= 0.3 is 0 Å². The molecule has 1 unspecified atom stereocenters. The first kappa shape index (κ1) is 13.7. The minimum Gasteiger partial charge on any atom is -0.344 e. The molecule has 1 heterocycles. The smallest absolute Gasteiger partial charge is 0.243 e. The van der Waals surface area contributed by atoms with E-state index < -0.39 is 6.04 Å². The lowest BCUT2D eigenvalue weighted by Crippen LogP contribution is -2.36. The Hall–Kier alpha value is -1.36. The summed E-state index contributed by atoms with van der Waals surface area (Å²) in [5.74, 6) is 0.526. The molecular formula is C12H22N4O. The van der Waals surface area contributed by atoms with Crippen molar-refractivity contribution in [1.29, 1.82) is 0 Å². The van der Waals surface area contributed by atoms with Crippen LogP contribution in [0, 0.1) is 5.92 Å². The van der Waals surface area contributed by atoms with Crippen molar-refractivity contribution in [3.8, 4) is 0 Å². The zero-order chi connectivity index (χ0) is 13.0. The van der Waals surface area contributed by atoms with E-state index in [1.54, 1.807) is 29.0 Å². The Balaban J connectivity index is 2.57. The minimum absolute atomic E-state index is 0.0568. The minimum atomic E-state index is -0.610. The number of rotatable bonds is 5. The summed E-state index contributed by atoms with van der Waals surface area (Å²) in [4.78, 5) is 13.7. The van der Waals surface area contributed by atoms with Gasteiger partial charge in [0.25, 0.3) is 0 Å². The van der Waals surface area contributed by atoms with Gasteiger partial charge in [-0.05, 0) is 12.3 Å². The van der Waals surface area contributed by atoms with E-state index in [-0.39, 0.29) is 5.91 Å². The third-order valence-electron chi connectivity index (χ3n) is 2.77. The van der Waals surface area contributed by atoms with Crippen LogP contribution in [0.1, 0.15) is 31.9 Å². The van der Waals surface area contributed by atoms with Gasteiger partial charge in [-0.15, -0.1) is 0 Å². The Morgan fingerprint density at radius 2 is 2.24 bits per heavy atom. The lowest BCUT2D eigenvalue weighted by molar-refractivity contribution is -0.131. The average molecular weight is 238 g/mol. The molecule has 1 aromatic rings. The monoisotopic (exact) mass is 238 g/mol. The Labute approximate surface area is 103 Å². The normalized spacial score (nSPS) is 12.8. The van der Waals surface area contributed by atoms with E-state index in [1.165, 1.54) is 0 Å². The summed E-state index contributed by atoms with van der Waals surface area (Å²) in [6.07, 6.45) is 4.40. The number of hydrogen-bond acceptors (Lipinski definition) is 3. The number of nitrogens with zero attached hydrogens (tertiary/aromatic N) is 3. The van der Waals surface area contributed by atoms with Crippen LogP contribution in [-0.2, 0) is 11.8 Å². The first-order chi connectivity index (χ1) is 7.91. The van der Waals surface area contributed by atoms with Crippen LogP contribution in [-0.4, -0.2) is 34.2 Å². The topological polar surface area (TPSA) is 64.2 Å². The SMILES string of the molecule is CC(C)CCN(C)C(=O)C(N)c1cnn(C)c1. The van der Waals surface area contributed by atoms with Gasteiger partial charge in [-0.25, -0.2) is 0 Å². The second-order valence-electron chi connectivity index (χ2n) is 4.87. The van der Waals surface area contributed by atoms with Crippen molar-refractivity contribution in [3.05, 3.63) is 18.0 Å². The average Bonchev–Trinajstić information content (AvgIpc) is 2.70. The summed E-state index contributed by atoms with van der Waals surface area (Å²) in [5.41, 5.74) is 6.67. The molecule has 0 radical (unpaired) electrons. The molecule has 0 spiro atoms. The van der Waals surface area contributed by atoms with E-state index in [9.17, 15) is 4.79 Å². The zero-order valence-electron chi connectivity index (χ0n) is 11.1. The maximum Gasteiger partial charge on any atom is 0.243 e. The Morgan fingerprint density at radius 1 is 1.59 bits per heavy atom. The number of carbonyl (C=O) groups excluding carboxylic acids is 1. The molecule has 96 valence electrons. The first-order valence-corrected chi connectivity index (χ1v) is 5.91. The highest BCUT2D eigenvalue weighted by molar-refractivity contribution is 5.82. The van der Waals surface area contributed by atoms with Crippen molar-refractivity contribution in [3.63, 3.8) is 0 Å². The number of carbonyl (C=O) groups is 1. The summed E-state index contributed by atoms with van der Waals surface area (Å²) in [5, 5.41) is 4.02. The van der Waals surface area contributed by atoms with Gasteiger partial charge in [0.15, 0.2) is 0 Å². The number of aromatic nitrogens is 2. The fourth-order valence-corrected chi connectivity index (χ4v) is 1.54. The third-order valence-corrected chi connectivity index (χ3v) is 2.77. The number of amides is 1. The fraction of sp³-hybridized carbons (Fsp3) is 0.667. The van der Waals surface area contributed by atoms with Crippen molar-refractivity contribution in [2.24, 2.45) is 18.7 Å². The Bertz CT molecular complexity index is 372. The molecule has 1 aromatic heterocycles. The molecule has 0 saturated carbocycles. The zero-order valence-corrected chi connectivity index (χ0v) is 11.1. The Kier molecular flexibility index (Phi) is 4.69. The van der Waals surface area contributed by atoms with Gasteiger partial charge in [0.1, 0.15) is 6.04 Å². The van der Waals surface area contributed by atoms with E-state index in [0.29, 0.717) is 5.92 Å². The number of nitrogens with two attached hydrogens (primary N) is 1. The summed E-state index contributed by atoms with van der Waals surface area (Å²) in [7, 11) is 3.60. The lowest BCUT2D eigenvalue weighted by atomic mass is 10.1. The molecule has 1 atom stereocenters.